The van der Waals surface area contributed by atoms with E-state index in [4.69, 9.17) is 6.42 Å². The zero-order valence-corrected chi connectivity index (χ0v) is 13.7. The number of amides is 3. The van der Waals surface area contributed by atoms with Crippen molar-refractivity contribution in [3.63, 3.8) is 0 Å². The highest BCUT2D eigenvalue weighted by molar-refractivity contribution is 5.99. The van der Waals surface area contributed by atoms with Crippen molar-refractivity contribution in [1.82, 2.24) is 4.90 Å². The van der Waals surface area contributed by atoms with Crippen molar-refractivity contribution in [2.45, 2.75) is 18.9 Å². The second kappa shape index (κ2) is 7.54. The molecule has 1 atom stereocenters. The fourth-order valence-electron chi connectivity index (χ4n) is 2.91. The molecule has 2 aromatic carbocycles. The molecule has 5 nitrogen and oxygen atoms in total. The molecule has 25 heavy (non-hydrogen) atoms. The van der Waals surface area contributed by atoms with Crippen molar-refractivity contribution in [2.75, 3.05) is 17.2 Å². The van der Waals surface area contributed by atoms with E-state index in [-0.39, 0.29) is 11.9 Å². The summed E-state index contributed by atoms with van der Waals surface area (Å²) in [7, 11) is 0. The summed E-state index contributed by atoms with van der Waals surface area (Å²) in [6.07, 6.45) is 6.82. The molecule has 1 saturated heterocycles. The van der Waals surface area contributed by atoms with Crippen LogP contribution < -0.4 is 10.6 Å². The molecule has 0 spiro atoms. The van der Waals surface area contributed by atoms with Gasteiger partial charge in [-0.05, 0) is 43.2 Å². The molecule has 3 rings (SSSR count). The number of likely N-dealkylation sites (tertiary alicyclic amines) is 1. The van der Waals surface area contributed by atoms with E-state index < -0.39 is 6.04 Å². The Kier molecular flexibility index (Phi) is 5.00. The zero-order valence-electron chi connectivity index (χ0n) is 13.7. The average molecular weight is 333 g/mol. The van der Waals surface area contributed by atoms with Crippen LogP contribution in [0, 0.1) is 12.3 Å². The van der Waals surface area contributed by atoms with Crippen molar-refractivity contribution in [1.29, 1.82) is 0 Å². The number of para-hydroxylation sites is 1. The lowest BCUT2D eigenvalue weighted by molar-refractivity contribution is -0.119. The van der Waals surface area contributed by atoms with E-state index >= 15 is 0 Å². The standard InChI is InChI=1S/C20H19N3O2/c1-2-15-8-6-11-17(14-15)21-19(24)18-12-7-13-23(18)20(25)22-16-9-4-3-5-10-16/h1,3-6,8-11,14,18H,7,12-13H2,(H,21,24)(H,22,25)/t18-/m1/s1. The van der Waals surface area contributed by atoms with E-state index in [9.17, 15) is 9.59 Å². The molecule has 0 aliphatic carbocycles. The summed E-state index contributed by atoms with van der Waals surface area (Å²) in [6, 6.07) is 15.6. The lowest BCUT2D eigenvalue weighted by atomic mass is 10.1. The molecule has 0 unspecified atom stereocenters. The number of anilines is 2. The third-order valence-electron chi connectivity index (χ3n) is 4.14. The number of carbonyl (C=O) groups is 2. The van der Waals surface area contributed by atoms with E-state index in [0.29, 0.717) is 29.9 Å². The van der Waals surface area contributed by atoms with Gasteiger partial charge in [-0.3, -0.25) is 4.79 Å². The van der Waals surface area contributed by atoms with Gasteiger partial charge < -0.3 is 15.5 Å². The molecule has 0 aromatic heterocycles. The zero-order chi connectivity index (χ0) is 17.6. The van der Waals surface area contributed by atoms with Gasteiger partial charge in [-0.15, -0.1) is 6.42 Å². The number of nitrogens with one attached hydrogen (secondary N) is 2. The minimum Gasteiger partial charge on any atom is -0.324 e. The monoisotopic (exact) mass is 333 g/mol. The van der Waals surface area contributed by atoms with E-state index in [1.165, 1.54) is 0 Å². The molecule has 0 radical (unpaired) electrons. The molecule has 2 aromatic rings. The maximum atomic E-state index is 12.6. The van der Waals surface area contributed by atoms with Gasteiger partial charge in [0.25, 0.3) is 0 Å². The Labute approximate surface area is 147 Å². The highest BCUT2D eigenvalue weighted by Crippen LogP contribution is 2.21. The van der Waals surface area contributed by atoms with Crippen molar-refractivity contribution in [2.24, 2.45) is 0 Å². The second-order valence-corrected chi connectivity index (χ2v) is 5.86. The van der Waals surface area contributed by atoms with Gasteiger partial charge >= 0.3 is 6.03 Å². The third kappa shape index (κ3) is 3.99. The smallest absolute Gasteiger partial charge is 0.322 e. The molecule has 126 valence electrons. The first-order valence-electron chi connectivity index (χ1n) is 8.17. The fourth-order valence-corrected chi connectivity index (χ4v) is 2.91. The van der Waals surface area contributed by atoms with Crippen molar-refractivity contribution in [3.05, 3.63) is 60.2 Å². The number of hydrogen-bond acceptors (Lipinski definition) is 2. The van der Waals surface area contributed by atoms with Gasteiger partial charge in [-0.1, -0.05) is 30.2 Å². The van der Waals surface area contributed by atoms with E-state index in [1.54, 1.807) is 29.2 Å². The Morgan fingerprint density at radius 2 is 1.80 bits per heavy atom. The number of rotatable bonds is 3. The number of benzene rings is 2. The Bertz CT molecular complexity index is 811. The summed E-state index contributed by atoms with van der Waals surface area (Å²) >= 11 is 0. The maximum absolute atomic E-state index is 12.6. The predicted molar refractivity (Wildman–Crippen MR) is 98.2 cm³/mol. The van der Waals surface area contributed by atoms with Crippen molar-refractivity contribution in [3.8, 4) is 12.3 Å². The summed E-state index contributed by atoms with van der Waals surface area (Å²) < 4.78 is 0. The molecule has 3 amide bonds. The Hall–Kier alpha value is -3.26. The van der Waals surface area contributed by atoms with E-state index in [2.05, 4.69) is 16.6 Å². The topological polar surface area (TPSA) is 61.4 Å². The van der Waals surface area contributed by atoms with Gasteiger partial charge in [0, 0.05) is 23.5 Å². The van der Waals surface area contributed by atoms with Crippen LogP contribution in [0.3, 0.4) is 0 Å². The number of terminal acetylenes is 1. The summed E-state index contributed by atoms with van der Waals surface area (Å²) in [5.74, 6) is 2.34. The van der Waals surface area contributed by atoms with Crippen LogP contribution in [0.1, 0.15) is 18.4 Å². The fraction of sp³-hybridized carbons (Fsp3) is 0.200. The van der Waals surface area contributed by atoms with Crippen LogP contribution in [0.15, 0.2) is 54.6 Å². The first-order chi connectivity index (χ1) is 12.2. The average Bonchev–Trinajstić information content (AvgIpc) is 3.13. The molecule has 0 bridgehead atoms. The van der Waals surface area contributed by atoms with Crippen molar-refractivity contribution >= 4 is 23.3 Å². The SMILES string of the molecule is C#Cc1cccc(NC(=O)[C@H]2CCCN2C(=O)Nc2ccccc2)c1. The summed E-state index contributed by atoms with van der Waals surface area (Å²) in [5.41, 5.74) is 2.04. The van der Waals surface area contributed by atoms with Gasteiger partial charge in [0.2, 0.25) is 5.91 Å². The molecule has 1 fully saturated rings. The van der Waals surface area contributed by atoms with Crippen LogP contribution in [0.25, 0.3) is 0 Å². The molecule has 5 heteroatoms. The molecule has 0 saturated carbocycles. The normalized spacial score (nSPS) is 16.1. The van der Waals surface area contributed by atoms with Crippen LogP contribution in [0.2, 0.25) is 0 Å². The summed E-state index contributed by atoms with van der Waals surface area (Å²) in [5, 5.41) is 5.68. The number of carbonyl (C=O) groups excluding carboxylic acids is 2. The van der Waals surface area contributed by atoms with E-state index in [0.717, 1.165) is 6.42 Å². The Morgan fingerprint density at radius 1 is 1.04 bits per heavy atom. The minimum atomic E-state index is -0.488. The molecular weight excluding hydrogens is 314 g/mol. The lowest BCUT2D eigenvalue weighted by Gasteiger charge is -2.24. The van der Waals surface area contributed by atoms with Crippen molar-refractivity contribution < 1.29 is 9.59 Å². The minimum absolute atomic E-state index is 0.199. The second-order valence-electron chi connectivity index (χ2n) is 5.86. The molecule has 1 aliphatic rings. The largest absolute Gasteiger partial charge is 0.324 e. The molecule has 1 aliphatic heterocycles. The maximum Gasteiger partial charge on any atom is 0.322 e. The predicted octanol–water partition coefficient (Wildman–Crippen LogP) is 3.30. The van der Waals surface area contributed by atoms with E-state index in [1.807, 2.05) is 30.3 Å². The molecule has 1 heterocycles. The van der Waals surface area contributed by atoms with Gasteiger partial charge in [-0.25, -0.2) is 4.79 Å². The van der Waals surface area contributed by atoms with Gasteiger partial charge in [0.15, 0.2) is 0 Å². The summed E-state index contributed by atoms with van der Waals surface area (Å²) in [4.78, 5) is 26.7. The quantitative estimate of drug-likeness (QED) is 0.847. The first kappa shape index (κ1) is 16.6. The third-order valence-corrected chi connectivity index (χ3v) is 4.14. The van der Waals surface area contributed by atoms with Crippen LogP contribution >= 0.6 is 0 Å². The Morgan fingerprint density at radius 3 is 2.56 bits per heavy atom. The number of urea groups is 1. The number of nitrogens with zero attached hydrogens (tertiary/aromatic N) is 1. The van der Waals surface area contributed by atoms with Crippen LogP contribution in [0.4, 0.5) is 16.2 Å². The summed E-state index contributed by atoms with van der Waals surface area (Å²) in [6.45, 7) is 0.557. The molecular formula is C20H19N3O2. The van der Waals surface area contributed by atoms with Crippen LogP contribution in [0.5, 0.6) is 0 Å². The first-order valence-corrected chi connectivity index (χ1v) is 8.17. The van der Waals surface area contributed by atoms with Gasteiger partial charge in [-0.2, -0.15) is 0 Å². The van der Waals surface area contributed by atoms with Crippen LogP contribution in [-0.2, 0) is 4.79 Å². The Balaban J connectivity index is 1.67. The highest BCUT2D eigenvalue weighted by Gasteiger charge is 2.34. The molecule has 2 N–H and O–H groups in total. The number of hydrogen-bond donors (Lipinski definition) is 2. The van der Waals surface area contributed by atoms with Gasteiger partial charge in [0.05, 0.1) is 0 Å². The van der Waals surface area contributed by atoms with Gasteiger partial charge in [0.1, 0.15) is 6.04 Å². The van der Waals surface area contributed by atoms with Crippen LogP contribution in [-0.4, -0.2) is 29.4 Å². The lowest BCUT2D eigenvalue weighted by Crippen LogP contribution is -2.45. The highest BCUT2D eigenvalue weighted by atomic mass is 16.2.